The topological polar surface area (TPSA) is 63.7 Å². The first-order chi connectivity index (χ1) is 12.0. The molecular formula is C18H17BrFNO4. The lowest BCUT2D eigenvalue weighted by atomic mass is 9.85. The predicted molar refractivity (Wildman–Crippen MR) is 90.6 cm³/mol. The summed E-state index contributed by atoms with van der Waals surface area (Å²) in [5, 5.41) is 0. The maximum absolute atomic E-state index is 13.7. The average molecular weight is 410 g/mol. The third-order valence-corrected chi connectivity index (χ3v) is 5.04. The first-order valence-electron chi connectivity index (χ1n) is 8.07. The first-order valence-corrected chi connectivity index (χ1v) is 8.86. The van der Waals surface area contributed by atoms with Crippen LogP contribution in [0.15, 0.2) is 34.8 Å². The SMILES string of the molecule is O=C(CCN1C(=O)[C@H]2CC=CC[C@@H]2C1=O)OCc1ccc(Br)cc1F. The van der Waals surface area contributed by atoms with Crippen LogP contribution in [0.25, 0.3) is 0 Å². The molecule has 0 aromatic heterocycles. The Hall–Kier alpha value is -2.02. The van der Waals surface area contributed by atoms with Gasteiger partial charge in [0.2, 0.25) is 11.8 Å². The number of ether oxygens (including phenoxy) is 1. The highest BCUT2D eigenvalue weighted by Gasteiger charge is 2.46. The van der Waals surface area contributed by atoms with Crippen molar-refractivity contribution in [1.82, 2.24) is 4.90 Å². The van der Waals surface area contributed by atoms with Crippen molar-refractivity contribution in [2.45, 2.75) is 25.9 Å². The Labute approximate surface area is 153 Å². The van der Waals surface area contributed by atoms with E-state index >= 15 is 0 Å². The first kappa shape index (κ1) is 17.8. The van der Waals surface area contributed by atoms with E-state index in [-0.39, 0.29) is 48.8 Å². The van der Waals surface area contributed by atoms with Gasteiger partial charge < -0.3 is 4.74 Å². The molecule has 1 aromatic rings. The highest BCUT2D eigenvalue weighted by atomic mass is 79.9. The normalized spacial score (nSPS) is 22.2. The maximum atomic E-state index is 13.7. The van der Waals surface area contributed by atoms with Crippen molar-refractivity contribution in [2.75, 3.05) is 6.54 Å². The van der Waals surface area contributed by atoms with Gasteiger partial charge in [0.25, 0.3) is 0 Å². The monoisotopic (exact) mass is 409 g/mol. The van der Waals surface area contributed by atoms with E-state index in [1.165, 1.54) is 12.1 Å². The zero-order valence-electron chi connectivity index (χ0n) is 13.4. The van der Waals surface area contributed by atoms with Gasteiger partial charge in [-0.25, -0.2) is 4.39 Å². The molecule has 2 amide bonds. The minimum atomic E-state index is -0.573. The fraction of sp³-hybridized carbons (Fsp3) is 0.389. The lowest BCUT2D eigenvalue weighted by Gasteiger charge is -2.14. The Morgan fingerprint density at radius 2 is 1.84 bits per heavy atom. The van der Waals surface area contributed by atoms with Crippen LogP contribution in [0.1, 0.15) is 24.8 Å². The van der Waals surface area contributed by atoms with Gasteiger partial charge in [-0.15, -0.1) is 0 Å². The lowest BCUT2D eigenvalue weighted by Crippen LogP contribution is -2.33. The van der Waals surface area contributed by atoms with Crippen LogP contribution in [0.3, 0.4) is 0 Å². The van der Waals surface area contributed by atoms with Crippen molar-refractivity contribution in [1.29, 1.82) is 0 Å². The Morgan fingerprint density at radius 3 is 2.44 bits per heavy atom. The summed E-state index contributed by atoms with van der Waals surface area (Å²) in [5.41, 5.74) is 0.266. The maximum Gasteiger partial charge on any atom is 0.307 e. The standard InChI is InChI=1S/C18H17BrFNO4/c19-12-6-5-11(15(20)9-12)10-25-16(22)7-8-21-17(23)13-3-1-2-4-14(13)18(21)24/h1-2,5-6,9,13-14H,3-4,7-8,10H2/t13-,14-/m0/s1. The molecule has 1 heterocycles. The summed E-state index contributed by atoms with van der Waals surface area (Å²) in [5.74, 6) is -2.08. The number of allylic oxidation sites excluding steroid dienone is 2. The molecule has 25 heavy (non-hydrogen) atoms. The number of hydrogen-bond acceptors (Lipinski definition) is 4. The Bertz CT molecular complexity index is 723. The van der Waals surface area contributed by atoms with Crippen molar-refractivity contribution in [3.63, 3.8) is 0 Å². The molecule has 1 aliphatic carbocycles. The Kier molecular flexibility index (Phi) is 5.32. The molecule has 1 aromatic carbocycles. The molecule has 0 radical (unpaired) electrons. The van der Waals surface area contributed by atoms with Gasteiger partial charge >= 0.3 is 5.97 Å². The number of imide groups is 1. The lowest BCUT2D eigenvalue weighted by molar-refractivity contribution is -0.146. The molecule has 2 atom stereocenters. The number of carbonyl (C=O) groups is 3. The van der Waals surface area contributed by atoms with Crippen molar-refractivity contribution in [3.8, 4) is 0 Å². The van der Waals surface area contributed by atoms with Gasteiger partial charge in [-0.05, 0) is 25.0 Å². The average Bonchev–Trinajstić information content (AvgIpc) is 2.84. The summed E-state index contributed by atoms with van der Waals surface area (Å²) in [4.78, 5) is 37.6. The third-order valence-electron chi connectivity index (χ3n) is 4.54. The second-order valence-corrected chi connectivity index (χ2v) is 7.05. The summed E-state index contributed by atoms with van der Waals surface area (Å²) in [7, 11) is 0. The number of benzene rings is 1. The van der Waals surface area contributed by atoms with E-state index in [1.807, 2.05) is 12.2 Å². The number of rotatable bonds is 5. The molecule has 0 N–H and O–H groups in total. The van der Waals surface area contributed by atoms with Crippen LogP contribution in [0, 0.1) is 17.7 Å². The Morgan fingerprint density at radius 1 is 1.20 bits per heavy atom. The fourth-order valence-electron chi connectivity index (χ4n) is 3.16. The van der Waals surface area contributed by atoms with Crippen LogP contribution >= 0.6 is 15.9 Å². The predicted octanol–water partition coefficient (Wildman–Crippen LogP) is 2.97. The number of likely N-dealkylation sites (tertiary alicyclic amines) is 1. The Balaban J connectivity index is 1.51. The summed E-state index contributed by atoms with van der Waals surface area (Å²) >= 11 is 3.15. The largest absolute Gasteiger partial charge is 0.461 e. The van der Waals surface area contributed by atoms with E-state index < -0.39 is 11.8 Å². The number of hydrogen-bond donors (Lipinski definition) is 0. The molecule has 2 aliphatic rings. The molecule has 7 heteroatoms. The van der Waals surface area contributed by atoms with E-state index in [4.69, 9.17) is 4.74 Å². The number of amides is 2. The van der Waals surface area contributed by atoms with Crippen LogP contribution in [0.5, 0.6) is 0 Å². The molecule has 0 spiro atoms. The summed E-state index contributed by atoms with van der Waals surface area (Å²) < 4.78 is 19.3. The molecule has 0 saturated carbocycles. The quantitative estimate of drug-likeness (QED) is 0.426. The summed E-state index contributed by atoms with van der Waals surface area (Å²) in [6, 6.07) is 4.47. The van der Waals surface area contributed by atoms with E-state index in [0.717, 1.165) is 4.90 Å². The van der Waals surface area contributed by atoms with Crippen molar-refractivity contribution in [2.24, 2.45) is 11.8 Å². The molecule has 1 fully saturated rings. The zero-order chi connectivity index (χ0) is 18.0. The number of carbonyl (C=O) groups excluding carboxylic acids is 3. The van der Waals surface area contributed by atoms with E-state index in [0.29, 0.717) is 17.3 Å². The third kappa shape index (κ3) is 3.81. The van der Waals surface area contributed by atoms with Crippen LogP contribution in [0.2, 0.25) is 0 Å². The summed E-state index contributed by atoms with van der Waals surface area (Å²) in [6.07, 6.45) is 4.87. The van der Waals surface area contributed by atoms with E-state index in [9.17, 15) is 18.8 Å². The molecule has 0 bridgehead atoms. The second kappa shape index (κ2) is 7.47. The molecule has 0 unspecified atom stereocenters. The highest BCUT2D eigenvalue weighted by Crippen LogP contribution is 2.35. The van der Waals surface area contributed by atoms with Crippen LogP contribution in [0.4, 0.5) is 4.39 Å². The number of nitrogens with zero attached hydrogens (tertiary/aromatic N) is 1. The molecular weight excluding hydrogens is 393 g/mol. The molecule has 1 saturated heterocycles. The van der Waals surface area contributed by atoms with E-state index in [2.05, 4.69) is 15.9 Å². The summed E-state index contributed by atoms with van der Waals surface area (Å²) in [6.45, 7) is -0.179. The minimum Gasteiger partial charge on any atom is -0.461 e. The van der Waals surface area contributed by atoms with Crippen LogP contribution in [-0.2, 0) is 25.7 Å². The van der Waals surface area contributed by atoms with Gasteiger partial charge in [-0.1, -0.05) is 34.1 Å². The molecule has 1 aliphatic heterocycles. The number of fused-ring (bicyclic) bond motifs is 1. The molecule has 132 valence electrons. The smallest absolute Gasteiger partial charge is 0.307 e. The van der Waals surface area contributed by atoms with Crippen LogP contribution in [-0.4, -0.2) is 29.2 Å². The zero-order valence-corrected chi connectivity index (χ0v) is 15.0. The molecule has 5 nitrogen and oxygen atoms in total. The minimum absolute atomic E-state index is 0.00627. The van der Waals surface area contributed by atoms with Gasteiger partial charge in [-0.2, -0.15) is 0 Å². The second-order valence-electron chi connectivity index (χ2n) is 6.13. The van der Waals surface area contributed by atoms with Gasteiger partial charge in [0.15, 0.2) is 0 Å². The van der Waals surface area contributed by atoms with Gasteiger partial charge in [-0.3, -0.25) is 19.3 Å². The van der Waals surface area contributed by atoms with Crippen molar-refractivity contribution < 1.29 is 23.5 Å². The number of esters is 1. The van der Waals surface area contributed by atoms with Crippen molar-refractivity contribution >= 4 is 33.7 Å². The van der Waals surface area contributed by atoms with Gasteiger partial charge in [0.1, 0.15) is 12.4 Å². The highest BCUT2D eigenvalue weighted by molar-refractivity contribution is 9.10. The van der Waals surface area contributed by atoms with Gasteiger partial charge in [0.05, 0.1) is 18.3 Å². The van der Waals surface area contributed by atoms with Gasteiger partial charge in [0, 0.05) is 16.6 Å². The van der Waals surface area contributed by atoms with Crippen LogP contribution < -0.4 is 0 Å². The van der Waals surface area contributed by atoms with Crippen molar-refractivity contribution in [3.05, 3.63) is 46.2 Å². The van der Waals surface area contributed by atoms with E-state index in [1.54, 1.807) is 6.07 Å². The fourth-order valence-corrected chi connectivity index (χ4v) is 3.49. The molecule has 3 rings (SSSR count). The number of halogens is 2.